The van der Waals surface area contributed by atoms with Gasteiger partial charge in [-0.15, -0.1) is 0 Å². The van der Waals surface area contributed by atoms with Gasteiger partial charge < -0.3 is 9.84 Å². The van der Waals surface area contributed by atoms with Gasteiger partial charge in [0.15, 0.2) is 17.3 Å². The van der Waals surface area contributed by atoms with Crippen molar-refractivity contribution < 1.29 is 14.6 Å². The summed E-state index contributed by atoms with van der Waals surface area (Å²) >= 11 is 0. The molecule has 0 heterocycles. The summed E-state index contributed by atoms with van der Waals surface area (Å²) in [6.07, 6.45) is 1.80. The molecule has 92 valence electrons. The van der Waals surface area contributed by atoms with Gasteiger partial charge >= 0.3 is 0 Å². The van der Waals surface area contributed by atoms with Gasteiger partial charge in [-0.3, -0.25) is 4.79 Å². The average molecular weight is 234 g/mol. The minimum Gasteiger partial charge on any atom is -0.504 e. The summed E-state index contributed by atoms with van der Waals surface area (Å²) in [5, 5.41) is 9.64. The van der Waals surface area contributed by atoms with E-state index in [0.717, 1.165) is 11.1 Å². The van der Waals surface area contributed by atoms with Crippen LogP contribution in [0.5, 0.6) is 11.5 Å². The second kappa shape index (κ2) is 5.53. The fourth-order valence-corrected chi connectivity index (χ4v) is 1.65. The summed E-state index contributed by atoms with van der Waals surface area (Å²) in [7, 11) is 1.50. The third-order valence-electron chi connectivity index (χ3n) is 2.55. The van der Waals surface area contributed by atoms with Gasteiger partial charge in [0.1, 0.15) is 0 Å². The molecule has 3 heteroatoms. The van der Waals surface area contributed by atoms with E-state index < -0.39 is 0 Å². The molecular formula is C14H18O3. The molecule has 0 aliphatic rings. The highest BCUT2D eigenvalue weighted by molar-refractivity contribution is 5.98. The highest BCUT2D eigenvalue weighted by atomic mass is 16.5. The van der Waals surface area contributed by atoms with Crippen LogP contribution in [0.4, 0.5) is 0 Å². The number of rotatable bonds is 4. The van der Waals surface area contributed by atoms with E-state index in [9.17, 15) is 9.90 Å². The van der Waals surface area contributed by atoms with Crippen LogP contribution >= 0.6 is 0 Å². The number of ether oxygens (including phenoxy) is 1. The molecule has 0 unspecified atom stereocenters. The van der Waals surface area contributed by atoms with Crippen molar-refractivity contribution in [1.82, 2.24) is 0 Å². The highest BCUT2D eigenvalue weighted by Gasteiger charge is 2.09. The van der Waals surface area contributed by atoms with E-state index in [1.165, 1.54) is 7.11 Å². The number of methoxy groups -OCH3 is 1. The Bertz CT molecular complexity index is 445. The lowest BCUT2D eigenvalue weighted by atomic mass is 9.97. The maximum Gasteiger partial charge on any atom is 0.160 e. The number of ketones is 1. The summed E-state index contributed by atoms with van der Waals surface area (Å²) in [5.74, 6) is 0.719. The Labute approximate surface area is 102 Å². The molecule has 17 heavy (non-hydrogen) atoms. The zero-order valence-corrected chi connectivity index (χ0v) is 10.7. The number of hydrogen-bond donors (Lipinski definition) is 1. The van der Waals surface area contributed by atoms with E-state index in [0.29, 0.717) is 5.75 Å². The van der Waals surface area contributed by atoms with Gasteiger partial charge in [-0.2, -0.15) is 0 Å². The molecule has 0 fully saturated rings. The number of aromatic hydroxyl groups is 1. The third-order valence-corrected chi connectivity index (χ3v) is 2.55. The minimum atomic E-state index is 0.0512. The Hall–Kier alpha value is -1.77. The van der Waals surface area contributed by atoms with Crippen LogP contribution < -0.4 is 4.74 Å². The van der Waals surface area contributed by atoms with E-state index in [4.69, 9.17) is 4.74 Å². The molecule has 0 radical (unpaired) electrons. The molecule has 1 N–H and O–H groups in total. The topological polar surface area (TPSA) is 46.5 Å². The summed E-state index contributed by atoms with van der Waals surface area (Å²) in [6.45, 7) is 5.49. The van der Waals surface area contributed by atoms with E-state index in [2.05, 4.69) is 0 Å². The predicted octanol–water partition coefficient (Wildman–Crippen LogP) is 3.03. The van der Waals surface area contributed by atoms with Crippen molar-refractivity contribution in [2.45, 2.75) is 20.8 Å². The van der Waals surface area contributed by atoms with Gasteiger partial charge in [-0.25, -0.2) is 0 Å². The number of allylic oxidation sites excluding steroid dienone is 1. The third kappa shape index (κ3) is 3.34. The summed E-state index contributed by atoms with van der Waals surface area (Å²) in [4.78, 5) is 11.4. The first kappa shape index (κ1) is 13.3. The first-order valence-electron chi connectivity index (χ1n) is 5.55. The van der Waals surface area contributed by atoms with Crippen molar-refractivity contribution in [2.75, 3.05) is 7.11 Å². The van der Waals surface area contributed by atoms with Crippen LogP contribution in [0.15, 0.2) is 23.8 Å². The molecule has 0 saturated carbocycles. The number of Topliss-reactive ketones (excluding diaryl/α,β-unsaturated/α-hetero) is 1. The molecule has 0 aliphatic heterocycles. The van der Waals surface area contributed by atoms with Crippen LogP contribution in [0, 0.1) is 5.92 Å². The molecule has 1 aromatic carbocycles. The standard InChI is InChI=1S/C14H18O3/c1-9(2)12(10(3)15)7-11-5-6-14(17-4)13(16)8-11/h5-9,16H,1-4H3/b12-7+. The fourth-order valence-electron chi connectivity index (χ4n) is 1.65. The first-order valence-corrected chi connectivity index (χ1v) is 5.55. The van der Waals surface area contributed by atoms with Gasteiger partial charge in [0.2, 0.25) is 0 Å². The van der Waals surface area contributed by atoms with E-state index >= 15 is 0 Å². The number of phenols is 1. The van der Waals surface area contributed by atoms with Crippen molar-refractivity contribution in [3.63, 3.8) is 0 Å². The van der Waals surface area contributed by atoms with Crippen LogP contribution in [0.2, 0.25) is 0 Å². The maximum absolute atomic E-state index is 11.4. The summed E-state index contributed by atoms with van der Waals surface area (Å²) in [6, 6.07) is 5.08. The van der Waals surface area contributed by atoms with Gasteiger partial charge in [0, 0.05) is 0 Å². The molecule has 3 nitrogen and oxygen atoms in total. The first-order chi connectivity index (χ1) is 7.95. The van der Waals surface area contributed by atoms with Gasteiger partial charge in [-0.1, -0.05) is 19.9 Å². The zero-order chi connectivity index (χ0) is 13.0. The molecular weight excluding hydrogens is 216 g/mol. The van der Waals surface area contributed by atoms with Crippen molar-refractivity contribution in [3.05, 3.63) is 29.3 Å². The molecule has 0 bridgehead atoms. The fraction of sp³-hybridized carbons (Fsp3) is 0.357. The lowest BCUT2D eigenvalue weighted by Crippen LogP contribution is -2.03. The number of carbonyl (C=O) groups excluding carboxylic acids is 1. The molecule has 0 spiro atoms. The minimum absolute atomic E-state index is 0.0512. The summed E-state index contributed by atoms with van der Waals surface area (Å²) in [5.41, 5.74) is 1.54. The second-order valence-corrected chi connectivity index (χ2v) is 4.24. The quantitative estimate of drug-likeness (QED) is 0.814. The molecule has 0 saturated heterocycles. The van der Waals surface area contributed by atoms with Crippen molar-refractivity contribution in [3.8, 4) is 11.5 Å². The van der Waals surface area contributed by atoms with Crippen LogP contribution in [-0.4, -0.2) is 18.0 Å². The van der Waals surface area contributed by atoms with Crippen molar-refractivity contribution >= 4 is 11.9 Å². The van der Waals surface area contributed by atoms with Crippen LogP contribution in [0.25, 0.3) is 6.08 Å². The lowest BCUT2D eigenvalue weighted by Gasteiger charge is -2.08. The monoisotopic (exact) mass is 234 g/mol. The SMILES string of the molecule is COc1ccc(/C=C(/C(C)=O)C(C)C)cc1O. The summed E-state index contributed by atoms with van der Waals surface area (Å²) < 4.78 is 4.96. The number of phenolic OH excluding ortho intramolecular Hbond substituents is 1. The van der Waals surface area contributed by atoms with E-state index in [1.807, 2.05) is 19.9 Å². The smallest absolute Gasteiger partial charge is 0.160 e. The average Bonchev–Trinajstić information content (AvgIpc) is 2.25. The molecule has 1 rings (SSSR count). The Morgan fingerprint density at radius 1 is 1.41 bits per heavy atom. The van der Waals surface area contributed by atoms with Gasteiger partial charge in [0.05, 0.1) is 7.11 Å². The van der Waals surface area contributed by atoms with Crippen molar-refractivity contribution in [2.24, 2.45) is 5.92 Å². The molecule has 0 aromatic heterocycles. The van der Waals surface area contributed by atoms with E-state index in [1.54, 1.807) is 25.1 Å². The Morgan fingerprint density at radius 2 is 2.06 bits per heavy atom. The highest BCUT2D eigenvalue weighted by Crippen LogP contribution is 2.27. The maximum atomic E-state index is 11.4. The number of hydrogen-bond acceptors (Lipinski definition) is 3. The van der Waals surface area contributed by atoms with Crippen LogP contribution in [-0.2, 0) is 4.79 Å². The molecule has 1 aromatic rings. The predicted molar refractivity (Wildman–Crippen MR) is 68.2 cm³/mol. The van der Waals surface area contributed by atoms with Crippen LogP contribution in [0.3, 0.4) is 0 Å². The number of benzene rings is 1. The second-order valence-electron chi connectivity index (χ2n) is 4.24. The normalized spacial score (nSPS) is 11.7. The lowest BCUT2D eigenvalue weighted by molar-refractivity contribution is -0.113. The van der Waals surface area contributed by atoms with Gasteiger partial charge in [-0.05, 0) is 42.2 Å². The van der Waals surface area contributed by atoms with E-state index in [-0.39, 0.29) is 17.5 Å². The largest absolute Gasteiger partial charge is 0.504 e. The Kier molecular flexibility index (Phi) is 4.32. The Morgan fingerprint density at radius 3 is 2.47 bits per heavy atom. The number of carbonyl (C=O) groups is 1. The van der Waals surface area contributed by atoms with Crippen molar-refractivity contribution in [1.29, 1.82) is 0 Å². The Balaban J connectivity index is 3.12. The molecule has 0 aliphatic carbocycles. The van der Waals surface area contributed by atoms with Crippen LogP contribution in [0.1, 0.15) is 26.3 Å². The molecule has 0 atom stereocenters. The zero-order valence-electron chi connectivity index (χ0n) is 10.7. The van der Waals surface area contributed by atoms with Gasteiger partial charge in [0.25, 0.3) is 0 Å². The molecule has 0 amide bonds.